The first-order valence-electron chi connectivity index (χ1n) is 6.32. The summed E-state index contributed by atoms with van der Waals surface area (Å²) in [5.74, 6) is -0.286. The van der Waals surface area contributed by atoms with E-state index in [0.29, 0.717) is 16.5 Å². The molecule has 6 nitrogen and oxygen atoms in total. The SMILES string of the molecule is COC(=O)C(CNc1cc(C)c(Cl)cc1OC)NC(C)=O. The lowest BCUT2D eigenvalue weighted by atomic mass is 10.2. The molecule has 1 amide bonds. The molecule has 0 aromatic heterocycles. The number of nitrogens with one attached hydrogen (secondary N) is 2. The van der Waals surface area contributed by atoms with Gasteiger partial charge in [0.05, 0.1) is 19.9 Å². The normalized spacial score (nSPS) is 11.5. The highest BCUT2D eigenvalue weighted by Crippen LogP contribution is 2.30. The molecular weight excluding hydrogens is 296 g/mol. The van der Waals surface area contributed by atoms with Gasteiger partial charge in [0, 0.05) is 24.6 Å². The molecule has 1 aromatic rings. The summed E-state index contributed by atoms with van der Waals surface area (Å²) < 4.78 is 9.89. The van der Waals surface area contributed by atoms with Crippen molar-refractivity contribution >= 4 is 29.2 Å². The molecule has 0 heterocycles. The molecule has 1 atom stereocenters. The fourth-order valence-corrected chi connectivity index (χ4v) is 1.92. The molecule has 7 heteroatoms. The molecule has 1 rings (SSSR count). The zero-order chi connectivity index (χ0) is 16.0. The average Bonchev–Trinajstić information content (AvgIpc) is 2.45. The van der Waals surface area contributed by atoms with E-state index >= 15 is 0 Å². The van der Waals surface area contributed by atoms with Crippen molar-refractivity contribution in [3.8, 4) is 5.75 Å². The minimum absolute atomic E-state index is 0.170. The minimum Gasteiger partial charge on any atom is -0.495 e. The van der Waals surface area contributed by atoms with Gasteiger partial charge in [-0.25, -0.2) is 4.79 Å². The van der Waals surface area contributed by atoms with E-state index in [1.54, 1.807) is 6.07 Å². The molecular formula is C14H19ClN2O4. The Kier molecular flexibility index (Phi) is 6.30. The molecule has 21 heavy (non-hydrogen) atoms. The van der Waals surface area contributed by atoms with Crippen molar-refractivity contribution in [3.05, 3.63) is 22.7 Å². The van der Waals surface area contributed by atoms with Crippen LogP contribution in [0.1, 0.15) is 12.5 Å². The molecule has 0 saturated heterocycles. The molecule has 0 aliphatic carbocycles. The number of benzene rings is 1. The van der Waals surface area contributed by atoms with Gasteiger partial charge in [-0.05, 0) is 18.6 Å². The van der Waals surface area contributed by atoms with Crippen molar-refractivity contribution in [3.63, 3.8) is 0 Å². The van der Waals surface area contributed by atoms with Gasteiger partial charge in [-0.3, -0.25) is 4.79 Å². The molecule has 0 saturated carbocycles. The summed E-state index contributed by atoms with van der Waals surface area (Å²) in [7, 11) is 2.79. The van der Waals surface area contributed by atoms with Crippen molar-refractivity contribution in [2.75, 3.05) is 26.1 Å². The third-order valence-electron chi connectivity index (χ3n) is 2.84. The fraction of sp³-hybridized carbons (Fsp3) is 0.429. The number of halogens is 1. The maximum Gasteiger partial charge on any atom is 0.330 e. The highest BCUT2D eigenvalue weighted by atomic mass is 35.5. The summed E-state index contributed by atoms with van der Waals surface area (Å²) in [4.78, 5) is 22.7. The zero-order valence-corrected chi connectivity index (χ0v) is 13.2. The van der Waals surface area contributed by atoms with E-state index in [1.165, 1.54) is 21.1 Å². The second kappa shape index (κ2) is 7.73. The van der Waals surface area contributed by atoms with Crippen LogP contribution in [-0.4, -0.2) is 38.7 Å². The predicted octanol–water partition coefficient (Wildman–Crippen LogP) is 1.75. The minimum atomic E-state index is -0.784. The zero-order valence-electron chi connectivity index (χ0n) is 12.5. The Labute approximate surface area is 128 Å². The van der Waals surface area contributed by atoms with Gasteiger partial charge in [0.2, 0.25) is 5.91 Å². The Morgan fingerprint density at radius 3 is 2.52 bits per heavy atom. The molecule has 0 aliphatic heterocycles. The van der Waals surface area contributed by atoms with Crippen LogP contribution >= 0.6 is 11.6 Å². The summed E-state index contributed by atoms with van der Waals surface area (Å²) in [5, 5.41) is 6.16. The molecule has 0 radical (unpaired) electrons. The topological polar surface area (TPSA) is 76.7 Å². The summed E-state index contributed by atoms with van der Waals surface area (Å²) in [6, 6.07) is 2.71. The molecule has 1 aromatic carbocycles. The Balaban J connectivity index is 2.86. The van der Waals surface area contributed by atoms with Gasteiger partial charge >= 0.3 is 5.97 Å². The lowest BCUT2D eigenvalue weighted by Crippen LogP contribution is -2.45. The fourth-order valence-electron chi connectivity index (χ4n) is 1.76. The van der Waals surface area contributed by atoms with Crippen LogP contribution in [0.5, 0.6) is 5.75 Å². The van der Waals surface area contributed by atoms with E-state index < -0.39 is 12.0 Å². The monoisotopic (exact) mass is 314 g/mol. The lowest BCUT2D eigenvalue weighted by Gasteiger charge is -2.18. The van der Waals surface area contributed by atoms with Crippen LogP contribution < -0.4 is 15.4 Å². The molecule has 0 fully saturated rings. The summed E-state index contributed by atoms with van der Waals surface area (Å²) >= 11 is 6.03. The maximum atomic E-state index is 11.6. The number of hydrogen-bond acceptors (Lipinski definition) is 5. The average molecular weight is 315 g/mol. The van der Waals surface area contributed by atoms with Gasteiger partial charge < -0.3 is 20.1 Å². The largest absolute Gasteiger partial charge is 0.495 e. The number of aryl methyl sites for hydroxylation is 1. The van der Waals surface area contributed by atoms with E-state index in [4.69, 9.17) is 16.3 Å². The number of rotatable bonds is 6. The summed E-state index contributed by atoms with van der Waals surface area (Å²) in [6.07, 6.45) is 0. The third kappa shape index (κ3) is 4.82. The lowest BCUT2D eigenvalue weighted by molar-refractivity contribution is -0.144. The highest BCUT2D eigenvalue weighted by Gasteiger charge is 2.20. The first-order chi connectivity index (χ1) is 9.88. The van der Waals surface area contributed by atoms with Gasteiger partial charge in [0.1, 0.15) is 11.8 Å². The van der Waals surface area contributed by atoms with Crippen molar-refractivity contribution in [2.45, 2.75) is 19.9 Å². The summed E-state index contributed by atoms with van der Waals surface area (Å²) in [6.45, 7) is 3.37. The van der Waals surface area contributed by atoms with E-state index in [-0.39, 0.29) is 12.5 Å². The van der Waals surface area contributed by atoms with Crippen molar-refractivity contribution in [1.29, 1.82) is 0 Å². The molecule has 0 spiro atoms. The molecule has 116 valence electrons. The van der Waals surface area contributed by atoms with Crippen LogP contribution in [0.25, 0.3) is 0 Å². The van der Waals surface area contributed by atoms with Gasteiger partial charge in [-0.15, -0.1) is 0 Å². The van der Waals surface area contributed by atoms with Crippen molar-refractivity contribution < 1.29 is 19.1 Å². The predicted molar refractivity (Wildman–Crippen MR) is 80.9 cm³/mol. The van der Waals surface area contributed by atoms with Gasteiger partial charge in [0.25, 0.3) is 0 Å². The molecule has 0 aliphatic rings. The number of anilines is 1. The number of amides is 1. The van der Waals surface area contributed by atoms with Crippen LogP contribution in [0.15, 0.2) is 12.1 Å². The van der Waals surface area contributed by atoms with E-state index in [2.05, 4.69) is 15.4 Å². The van der Waals surface area contributed by atoms with Crippen molar-refractivity contribution in [1.82, 2.24) is 5.32 Å². The number of hydrogen-bond donors (Lipinski definition) is 2. The van der Waals surface area contributed by atoms with Crippen LogP contribution in [-0.2, 0) is 14.3 Å². The van der Waals surface area contributed by atoms with Crippen LogP contribution in [0.4, 0.5) is 5.69 Å². The third-order valence-corrected chi connectivity index (χ3v) is 3.25. The van der Waals surface area contributed by atoms with Gasteiger partial charge in [-0.2, -0.15) is 0 Å². The highest BCUT2D eigenvalue weighted by molar-refractivity contribution is 6.31. The first kappa shape index (κ1) is 17.1. The number of carbonyl (C=O) groups excluding carboxylic acids is 2. The van der Waals surface area contributed by atoms with E-state index in [1.807, 2.05) is 13.0 Å². The number of methoxy groups -OCH3 is 2. The Morgan fingerprint density at radius 1 is 1.33 bits per heavy atom. The van der Waals surface area contributed by atoms with Crippen LogP contribution in [0.2, 0.25) is 5.02 Å². The van der Waals surface area contributed by atoms with E-state index in [0.717, 1.165) is 5.56 Å². The number of carbonyl (C=O) groups is 2. The Hall–Kier alpha value is -1.95. The second-order valence-corrected chi connectivity index (χ2v) is 4.87. The first-order valence-corrected chi connectivity index (χ1v) is 6.69. The molecule has 1 unspecified atom stereocenters. The standard InChI is InChI=1S/C14H19ClN2O4/c1-8-5-11(13(20-3)6-10(8)15)16-7-12(14(19)21-4)17-9(2)18/h5-6,12,16H,7H2,1-4H3,(H,17,18). The van der Waals surface area contributed by atoms with Gasteiger partial charge in [-0.1, -0.05) is 11.6 Å². The smallest absolute Gasteiger partial charge is 0.330 e. The quantitative estimate of drug-likeness (QED) is 0.782. The van der Waals surface area contributed by atoms with E-state index in [9.17, 15) is 9.59 Å². The van der Waals surface area contributed by atoms with Crippen molar-refractivity contribution in [2.24, 2.45) is 0 Å². The Bertz CT molecular complexity index is 534. The Morgan fingerprint density at radius 2 is 2.00 bits per heavy atom. The molecule has 0 bridgehead atoms. The molecule has 2 N–H and O–H groups in total. The van der Waals surface area contributed by atoms with Gasteiger partial charge in [0.15, 0.2) is 0 Å². The second-order valence-electron chi connectivity index (χ2n) is 4.46. The number of ether oxygens (including phenoxy) is 2. The maximum absolute atomic E-state index is 11.6. The summed E-state index contributed by atoms with van der Waals surface area (Å²) in [5.41, 5.74) is 1.55. The van der Waals surface area contributed by atoms with Crippen LogP contribution in [0.3, 0.4) is 0 Å². The van der Waals surface area contributed by atoms with Crippen LogP contribution in [0, 0.1) is 6.92 Å². The number of esters is 1.